The van der Waals surface area contributed by atoms with Crippen LogP contribution in [0, 0.1) is 18.6 Å². The van der Waals surface area contributed by atoms with Crippen molar-refractivity contribution < 1.29 is 13.5 Å². The maximum absolute atomic E-state index is 14.3. The van der Waals surface area contributed by atoms with Crippen molar-refractivity contribution in [2.75, 3.05) is 25.9 Å². The number of anilines is 1. The molecule has 0 bridgehead atoms. The Balaban J connectivity index is 1.64. The highest BCUT2D eigenvalue weighted by atomic mass is 19.2. The quantitative estimate of drug-likeness (QED) is 0.722. The predicted octanol–water partition coefficient (Wildman–Crippen LogP) is 4.08. The average Bonchev–Trinajstić information content (AvgIpc) is 3.00. The van der Waals surface area contributed by atoms with Gasteiger partial charge in [0.1, 0.15) is 5.82 Å². The summed E-state index contributed by atoms with van der Waals surface area (Å²) in [4.78, 5) is 6.59. The highest BCUT2D eigenvalue weighted by molar-refractivity contribution is 5.35. The SMILES string of the molecule is CCO[C@@H]1C[C@H](CCc2cc(F)c(F)c(CCc3cc(C)cc(N)n3)c2)N(C)C1. The fraction of sp³-hybridized carbons (Fsp3) is 0.522. The fourth-order valence-electron chi connectivity index (χ4n) is 4.25. The Morgan fingerprint density at radius 1 is 1.17 bits per heavy atom. The summed E-state index contributed by atoms with van der Waals surface area (Å²) in [6, 6.07) is 7.26. The molecule has 1 aromatic carbocycles. The molecule has 1 aromatic heterocycles. The zero-order valence-corrected chi connectivity index (χ0v) is 17.5. The minimum Gasteiger partial charge on any atom is -0.384 e. The number of pyridine rings is 1. The highest BCUT2D eigenvalue weighted by Crippen LogP contribution is 2.24. The van der Waals surface area contributed by atoms with Crippen molar-refractivity contribution >= 4 is 5.82 Å². The van der Waals surface area contributed by atoms with Crippen LogP contribution >= 0.6 is 0 Å². The summed E-state index contributed by atoms with van der Waals surface area (Å²) < 4.78 is 34.3. The van der Waals surface area contributed by atoms with Crippen LogP contribution in [0.15, 0.2) is 24.3 Å². The monoisotopic (exact) mass is 403 g/mol. The van der Waals surface area contributed by atoms with E-state index < -0.39 is 11.6 Å². The fourth-order valence-corrected chi connectivity index (χ4v) is 4.25. The predicted molar refractivity (Wildman–Crippen MR) is 112 cm³/mol. The van der Waals surface area contributed by atoms with Crippen LogP contribution in [-0.4, -0.2) is 42.2 Å². The third-order valence-electron chi connectivity index (χ3n) is 5.67. The molecule has 0 amide bonds. The smallest absolute Gasteiger partial charge is 0.162 e. The van der Waals surface area contributed by atoms with E-state index in [1.54, 1.807) is 12.1 Å². The summed E-state index contributed by atoms with van der Waals surface area (Å²) in [5, 5.41) is 0. The van der Waals surface area contributed by atoms with Gasteiger partial charge in [0.15, 0.2) is 11.6 Å². The average molecular weight is 404 g/mol. The topological polar surface area (TPSA) is 51.4 Å². The van der Waals surface area contributed by atoms with Gasteiger partial charge in [0.05, 0.1) is 6.10 Å². The lowest BCUT2D eigenvalue weighted by atomic mass is 9.98. The number of ether oxygens (including phenoxy) is 1. The minimum atomic E-state index is -0.777. The van der Waals surface area contributed by atoms with Crippen LogP contribution in [0.1, 0.15) is 42.1 Å². The second-order valence-corrected chi connectivity index (χ2v) is 8.06. The largest absolute Gasteiger partial charge is 0.384 e. The Bertz CT molecular complexity index is 823. The van der Waals surface area contributed by atoms with Gasteiger partial charge in [-0.3, -0.25) is 0 Å². The number of rotatable bonds is 8. The number of halogens is 2. The lowest BCUT2D eigenvalue weighted by molar-refractivity contribution is 0.0707. The van der Waals surface area contributed by atoms with E-state index in [0.717, 1.165) is 42.8 Å². The molecule has 1 saturated heterocycles. The molecule has 0 aliphatic carbocycles. The van der Waals surface area contributed by atoms with Crippen LogP contribution < -0.4 is 5.73 Å². The van der Waals surface area contributed by atoms with E-state index >= 15 is 0 Å². The summed E-state index contributed by atoms with van der Waals surface area (Å²) in [6.45, 7) is 5.60. The van der Waals surface area contributed by atoms with Crippen molar-refractivity contribution in [1.82, 2.24) is 9.88 Å². The summed E-state index contributed by atoms with van der Waals surface area (Å²) in [7, 11) is 2.10. The number of aromatic nitrogens is 1. The number of likely N-dealkylation sites (N-methyl/N-ethyl adjacent to an activating group) is 1. The summed E-state index contributed by atoms with van der Waals surface area (Å²) in [5.41, 5.74) is 8.83. The molecule has 4 nitrogen and oxygen atoms in total. The first kappa shape index (κ1) is 21.7. The van der Waals surface area contributed by atoms with Crippen LogP contribution in [0.5, 0.6) is 0 Å². The first-order valence-corrected chi connectivity index (χ1v) is 10.4. The Morgan fingerprint density at radius 2 is 1.97 bits per heavy atom. The molecule has 6 heteroatoms. The Labute approximate surface area is 172 Å². The molecule has 29 heavy (non-hydrogen) atoms. The molecular formula is C23H31F2N3O. The van der Waals surface area contributed by atoms with Gasteiger partial charge in [-0.1, -0.05) is 6.07 Å². The van der Waals surface area contributed by atoms with Gasteiger partial charge in [-0.05, 0) is 87.9 Å². The van der Waals surface area contributed by atoms with Gasteiger partial charge in [0.2, 0.25) is 0 Å². The molecule has 0 saturated carbocycles. The Morgan fingerprint density at radius 3 is 2.69 bits per heavy atom. The molecule has 2 atom stereocenters. The van der Waals surface area contributed by atoms with Gasteiger partial charge in [0.25, 0.3) is 0 Å². The number of hydrogen-bond donors (Lipinski definition) is 1. The third kappa shape index (κ3) is 5.73. The van der Waals surface area contributed by atoms with Gasteiger partial charge in [-0.15, -0.1) is 0 Å². The van der Waals surface area contributed by atoms with Gasteiger partial charge in [-0.2, -0.15) is 0 Å². The van der Waals surface area contributed by atoms with E-state index in [1.807, 2.05) is 19.9 Å². The van der Waals surface area contributed by atoms with Crippen LogP contribution in [0.4, 0.5) is 14.6 Å². The van der Waals surface area contributed by atoms with E-state index in [4.69, 9.17) is 10.5 Å². The molecule has 0 spiro atoms. The lowest BCUT2D eigenvalue weighted by Gasteiger charge is -2.19. The first-order valence-electron chi connectivity index (χ1n) is 10.4. The maximum atomic E-state index is 14.3. The number of likely N-dealkylation sites (tertiary alicyclic amines) is 1. The van der Waals surface area contributed by atoms with Gasteiger partial charge < -0.3 is 15.4 Å². The molecular weight excluding hydrogens is 372 g/mol. The summed E-state index contributed by atoms with van der Waals surface area (Å²) in [6.07, 6.45) is 3.79. The van der Waals surface area contributed by atoms with E-state index in [0.29, 0.717) is 36.7 Å². The molecule has 3 rings (SSSR count). The molecule has 1 fully saturated rings. The van der Waals surface area contributed by atoms with Crippen molar-refractivity contribution in [3.8, 4) is 0 Å². The number of benzene rings is 1. The molecule has 2 aromatic rings. The zero-order chi connectivity index (χ0) is 21.0. The molecule has 1 aliphatic rings. The highest BCUT2D eigenvalue weighted by Gasteiger charge is 2.29. The van der Waals surface area contributed by atoms with Crippen LogP contribution in [0.25, 0.3) is 0 Å². The number of hydrogen-bond acceptors (Lipinski definition) is 4. The van der Waals surface area contributed by atoms with Crippen molar-refractivity contribution in [1.29, 1.82) is 0 Å². The molecule has 1 aliphatic heterocycles. The number of nitrogens with two attached hydrogens (primary N) is 1. The van der Waals surface area contributed by atoms with Crippen molar-refractivity contribution in [2.24, 2.45) is 0 Å². The van der Waals surface area contributed by atoms with Crippen LogP contribution in [0.2, 0.25) is 0 Å². The standard InChI is InChI=1S/C23H31F2N3O/c1-4-29-20-13-19(28(3)14-20)8-5-16-11-17(23(25)21(24)12-16)6-7-18-9-15(2)10-22(26)27-18/h9-12,19-20H,4-8,13-14H2,1-3H3,(H2,26,27)/t19-,20+/m0/s1. The third-order valence-corrected chi connectivity index (χ3v) is 5.67. The molecule has 0 unspecified atom stereocenters. The normalized spacial score (nSPS) is 19.8. The number of nitrogens with zero attached hydrogens (tertiary/aromatic N) is 2. The summed E-state index contributed by atoms with van der Waals surface area (Å²) in [5.74, 6) is -1.09. The summed E-state index contributed by atoms with van der Waals surface area (Å²) >= 11 is 0. The van der Waals surface area contributed by atoms with Crippen LogP contribution in [-0.2, 0) is 24.0 Å². The second kappa shape index (κ2) is 9.63. The number of nitrogen functional groups attached to an aromatic ring is 1. The van der Waals surface area contributed by atoms with E-state index in [-0.39, 0.29) is 6.10 Å². The zero-order valence-electron chi connectivity index (χ0n) is 17.5. The maximum Gasteiger partial charge on any atom is 0.162 e. The lowest BCUT2D eigenvalue weighted by Crippen LogP contribution is -2.25. The first-order chi connectivity index (χ1) is 13.9. The van der Waals surface area contributed by atoms with Crippen molar-refractivity contribution in [2.45, 2.75) is 58.1 Å². The Kier molecular flexibility index (Phi) is 7.19. The van der Waals surface area contributed by atoms with Crippen molar-refractivity contribution in [3.05, 3.63) is 58.3 Å². The van der Waals surface area contributed by atoms with Crippen LogP contribution in [0.3, 0.4) is 0 Å². The molecule has 2 heterocycles. The van der Waals surface area contributed by atoms with Crippen molar-refractivity contribution in [3.63, 3.8) is 0 Å². The van der Waals surface area contributed by atoms with E-state index in [9.17, 15) is 8.78 Å². The van der Waals surface area contributed by atoms with Gasteiger partial charge in [-0.25, -0.2) is 13.8 Å². The molecule has 0 radical (unpaired) electrons. The number of aryl methyl sites for hydroxylation is 4. The van der Waals surface area contributed by atoms with E-state index in [1.165, 1.54) is 6.07 Å². The minimum absolute atomic E-state index is 0.268. The molecule has 158 valence electrons. The molecule has 2 N–H and O–H groups in total. The van der Waals surface area contributed by atoms with Gasteiger partial charge in [0, 0.05) is 24.9 Å². The Hall–Kier alpha value is -2.05. The van der Waals surface area contributed by atoms with E-state index in [2.05, 4.69) is 16.9 Å². The second-order valence-electron chi connectivity index (χ2n) is 8.06. The van der Waals surface area contributed by atoms with Gasteiger partial charge >= 0.3 is 0 Å².